The molecule has 0 aliphatic heterocycles. The molecule has 16 heavy (non-hydrogen) atoms. The average Bonchev–Trinajstić information content (AvgIpc) is 2.73. The minimum atomic E-state index is 0.125. The van der Waals surface area contributed by atoms with Crippen LogP contribution in [0.1, 0.15) is 6.92 Å². The molecule has 86 valence electrons. The number of nitrogens with zero attached hydrogens (tertiary/aromatic N) is 3. The van der Waals surface area contributed by atoms with Gasteiger partial charge in [0.25, 0.3) is 0 Å². The van der Waals surface area contributed by atoms with Crippen LogP contribution in [0.5, 0.6) is 0 Å². The summed E-state index contributed by atoms with van der Waals surface area (Å²) in [4.78, 5) is 8.07. The van der Waals surface area contributed by atoms with E-state index in [-0.39, 0.29) is 17.8 Å². The number of aromatic nitrogens is 4. The lowest BCUT2D eigenvalue weighted by atomic mass is 10.2. The first-order chi connectivity index (χ1) is 7.70. The van der Waals surface area contributed by atoms with E-state index in [4.69, 9.17) is 16.7 Å². The number of H-pyrrole nitrogens is 1. The first-order valence-electron chi connectivity index (χ1n) is 4.92. The zero-order chi connectivity index (χ0) is 11.5. The van der Waals surface area contributed by atoms with E-state index in [1.165, 1.54) is 0 Å². The highest BCUT2D eigenvalue weighted by Crippen LogP contribution is 2.19. The second-order valence-electron chi connectivity index (χ2n) is 3.64. The molecule has 0 fully saturated rings. The van der Waals surface area contributed by atoms with Crippen LogP contribution >= 0.6 is 11.6 Å². The van der Waals surface area contributed by atoms with Gasteiger partial charge >= 0.3 is 0 Å². The molecule has 1 atom stereocenters. The van der Waals surface area contributed by atoms with Crippen LogP contribution < -0.4 is 5.32 Å². The van der Waals surface area contributed by atoms with Gasteiger partial charge in [0.2, 0.25) is 5.28 Å². The number of hydrogen-bond acceptors (Lipinski definition) is 5. The van der Waals surface area contributed by atoms with E-state index in [1.54, 1.807) is 6.20 Å². The second-order valence-corrected chi connectivity index (χ2v) is 3.98. The number of rotatable bonds is 4. The van der Waals surface area contributed by atoms with Crippen LogP contribution in [0.15, 0.2) is 6.20 Å². The molecule has 6 nitrogen and oxygen atoms in total. The van der Waals surface area contributed by atoms with Gasteiger partial charge in [-0.1, -0.05) is 6.92 Å². The minimum Gasteiger partial charge on any atom is -0.396 e. The van der Waals surface area contributed by atoms with Crippen molar-refractivity contribution in [1.29, 1.82) is 0 Å². The Hall–Kier alpha value is -1.40. The molecule has 0 radical (unpaired) electrons. The fraction of sp³-hybridized carbons (Fsp3) is 0.444. The fourth-order valence-corrected chi connectivity index (χ4v) is 1.45. The van der Waals surface area contributed by atoms with E-state index in [1.807, 2.05) is 6.92 Å². The summed E-state index contributed by atoms with van der Waals surface area (Å²) >= 11 is 5.77. The van der Waals surface area contributed by atoms with Gasteiger partial charge in [0.15, 0.2) is 5.65 Å². The standard InChI is InChI=1S/C9H12ClN5O/c1-5(4-16)2-11-7-6-3-12-15-8(6)14-9(10)13-7/h3,5,16H,2,4H2,1H3,(H2,11,12,13,14,15). The molecule has 1 unspecified atom stereocenters. The number of halogens is 1. The average molecular weight is 242 g/mol. The molecule has 0 saturated carbocycles. The van der Waals surface area contributed by atoms with Gasteiger partial charge in [-0.05, 0) is 17.5 Å². The Balaban J connectivity index is 2.25. The molecular weight excluding hydrogens is 230 g/mol. The largest absolute Gasteiger partial charge is 0.396 e. The number of aromatic amines is 1. The minimum absolute atomic E-state index is 0.125. The van der Waals surface area contributed by atoms with Crippen LogP contribution in [0.3, 0.4) is 0 Å². The first kappa shape index (κ1) is 11.1. The Bertz CT molecular complexity index is 486. The van der Waals surface area contributed by atoms with E-state index in [0.29, 0.717) is 18.0 Å². The van der Waals surface area contributed by atoms with Crippen LogP contribution in [0.25, 0.3) is 11.0 Å². The Morgan fingerprint density at radius 2 is 2.38 bits per heavy atom. The number of anilines is 1. The summed E-state index contributed by atoms with van der Waals surface area (Å²) in [5, 5.41) is 19.6. The molecule has 2 aromatic heterocycles. The molecular formula is C9H12ClN5O. The summed E-state index contributed by atoms with van der Waals surface area (Å²) in [5.41, 5.74) is 0.596. The molecule has 7 heteroatoms. The third-order valence-corrected chi connectivity index (χ3v) is 2.38. The van der Waals surface area contributed by atoms with E-state index < -0.39 is 0 Å². The highest BCUT2D eigenvalue weighted by Gasteiger charge is 2.09. The maximum atomic E-state index is 8.92. The van der Waals surface area contributed by atoms with Crippen molar-refractivity contribution in [3.8, 4) is 0 Å². The Kier molecular flexibility index (Phi) is 3.21. The van der Waals surface area contributed by atoms with Crippen LogP contribution in [-0.4, -0.2) is 38.4 Å². The molecule has 0 amide bonds. The molecule has 0 aromatic carbocycles. The zero-order valence-electron chi connectivity index (χ0n) is 8.74. The lowest BCUT2D eigenvalue weighted by molar-refractivity contribution is 0.244. The van der Waals surface area contributed by atoms with Gasteiger partial charge in [0, 0.05) is 13.2 Å². The van der Waals surface area contributed by atoms with Crippen LogP contribution in [0.2, 0.25) is 5.28 Å². The SMILES string of the molecule is CC(CO)CNc1nc(Cl)nc2[nH]ncc12. The van der Waals surface area contributed by atoms with Gasteiger partial charge < -0.3 is 10.4 Å². The van der Waals surface area contributed by atoms with Crippen molar-refractivity contribution < 1.29 is 5.11 Å². The highest BCUT2D eigenvalue weighted by molar-refractivity contribution is 6.28. The quantitative estimate of drug-likeness (QED) is 0.697. The number of aliphatic hydroxyl groups excluding tert-OH is 1. The normalized spacial score (nSPS) is 12.9. The molecule has 2 heterocycles. The summed E-state index contributed by atoms with van der Waals surface area (Å²) in [5.74, 6) is 0.778. The maximum absolute atomic E-state index is 8.92. The third-order valence-electron chi connectivity index (χ3n) is 2.21. The molecule has 0 saturated heterocycles. The summed E-state index contributed by atoms with van der Waals surface area (Å²) in [6.45, 7) is 2.67. The second kappa shape index (κ2) is 4.63. The molecule has 0 spiro atoms. The summed E-state index contributed by atoms with van der Waals surface area (Å²) in [6.07, 6.45) is 1.64. The lowest BCUT2D eigenvalue weighted by Gasteiger charge is -2.10. The molecule has 3 N–H and O–H groups in total. The van der Waals surface area contributed by atoms with Gasteiger partial charge in [-0.3, -0.25) is 5.10 Å². The van der Waals surface area contributed by atoms with Crippen molar-refractivity contribution >= 4 is 28.5 Å². The maximum Gasteiger partial charge on any atom is 0.226 e. The topological polar surface area (TPSA) is 86.7 Å². The predicted octanol–water partition coefficient (Wildman–Crippen LogP) is 1.05. The summed E-state index contributed by atoms with van der Waals surface area (Å²) in [6, 6.07) is 0. The first-order valence-corrected chi connectivity index (χ1v) is 5.30. The van der Waals surface area contributed by atoms with Gasteiger partial charge in [-0.2, -0.15) is 15.1 Å². The van der Waals surface area contributed by atoms with Crippen molar-refractivity contribution in [2.45, 2.75) is 6.92 Å². The van der Waals surface area contributed by atoms with Gasteiger partial charge in [-0.25, -0.2) is 0 Å². The summed E-state index contributed by atoms with van der Waals surface area (Å²) < 4.78 is 0. The Morgan fingerprint density at radius 3 is 3.12 bits per heavy atom. The highest BCUT2D eigenvalue weighted by atomic mass is 35.5. The van der Waals surface area contributed by atoms with Crippen molar-refractivity contribution in [1.82, 2.24) is 20.2 Å². The Morgan fingerprint density at radius 1 is 1.56 bits per heavy atom. The van der Waals surface area contributed by atoms with E-state index >= 15 is 0 Å². The number of fused-ring (bicyclic) bond motifs is 1. The van der Waals surface area contributed by atoms with E-state index in [0.717, 1.165) is 5.39 Å². The molecule has 0 aliphatic rings. The number of aliphatic hydroxyl groups is 1. The number of hydrogen-bond donors (Lipinski definition) is 3. The molecule has 2 aromatic rings. The van der Waals surface area contributed by atoms with Crippen molar-refractivity contribution in [3.05, 3.63) is 11.5 Å². The summed E-state index contributed by atoms with van der Waals surface area (Å²) in [7, 11) is 0. The predicted molar refractivity (Wildman–Crippen MR) is 61.4 cm³/mol. The van der Waals surface area contributed by atoms with Crippen LogP contribution in [0, 0.1) is 5.92 Å². The number of nitrogens with one attached hydrogen (secondary N) is 2. The lowest BCUT2D eigenvalue weighted by Crippen LogP contribution is -2.15. The van der Waals surface area contributed by atoms with Gasteiger partial charge in [0.05, 0.1) is 11.6 Å². The van der Waals surface area contributed by atoms with Crippen LogP contribution in [-0.2, 0) is 0 Å². The Labute approximate surface area is 97.1 Å². The van der Waals surface area contributed by atoms with Gasteiger partial charge in [-0.15, -0.1) is 0 Å². The zero-order valence-corrected chi connectivity index (χ0v) is 9.49. The van der Waals surface area contributed by atoms with Crippen molar-refractivity contribution in [2.75, 3.05) is 18.5 Å². The van der Waals surface area contributed by atoms with E-state index in [2.05, 4.69) is 25.5 Å². The fourth-order valence-electron chi connectivity index (χ4n) is 1.28. The third kappa shape index (κ3) is 2.23. The monoisotopic (exact) mass is 241 g/mol. The molecule has 0 bridgehead atoms. The van der Waals surface area contributed by atoms with Gasteiger partial charge in [0.1, 0.15) is 5.82 Å². The van der Waals surface area contributed by atoms with Crippen molar-refractivity contribution in [2.24, 2.45) is 5.92 Å². The van der Waals surface area contributed by atoms with Crippen LogP contribution in [0.4, 0.5) is 5.82 Å². The molecule has 0 aliphatic carbocycles. The van der Waals surface area contributed by atoms with E-state index in [9.17, 15) is 0 Å². The molecule has 2 rings (SSSR count). The smallest absolute Gasteiger partial charge is 0.226 e. The van der Waals surface area contributed by atoms with Crippen molar-refractivity contribution in [3.63, 3.8) is 0 Å².